The average Bonchev–Trinajstić information content (AvgIpc) is 3.20. The van der Waals surface area contributed by atoms with Crippen molar-refractivity contribution >= 4 is 40.3 Å². The van der Waals surface area contributed by atoms with Crippen LogP contribution >= 0.6 is 11.3 Å². The highest BCUT2D eigenvalue weighted by Gasteiger charge is 2.38. The molecule has 0 saturated carbocycles. The van der Waals surface area contributed by atoms with Crippen molar-refractivity contribution in [3.8, 4) is 22.8 Å². The number of carbonyl (C=O) groups excluding carboxylic acids is 3. The summed E-state index contributed by atoms with van der Waals surface area (Å²) >= 11 is 1.61. The molecule has 3 atom stereocenters. The fraction of sp³-hybridized carbons (Fsp3) is 0.333. The van der Waals surface area contributed by atoms with Crippen LogP contribution in [0.25, 0.3) is 11.3 Å². The Labute approximate surface area is 213 Å². The number of aryl methyl sites for hydroxylation is 2. The first kappa shape index (κ1) is 24.0. The molecule has 0 saturated heterocycles. The van der Waals surface area contributed by atoms with Gasteiger partial charge in [0, 0.05) is 23.1 Å². The Balaban J connectivity index is 1.53. The molecule has 0 radical (unpaired) electrons. The van der Waals surface area contributed by atoms with Gasteiger partial charge in [0.15, 0.2) is 18.0 Å². The third-order valence-corrected chi connectivity index (χ3v) is 7.52. The van der Waals surface area contributed by atoms with Gasteiger partial charge in [0.05, 0.1) is 28.1 Å². The van der Waals surface area contributed by atoms with Gasteiger partial charge in [-0.2, -0.15) is 0 Å². The van der Waals surface area contributed by atoms with Gasteiger partial charge in [0.1, 0.15) is 11.5 Å². The maximum absolute atomic E-state index is 13.7. The number of hydrogen-bond acceptors (Lipinski definition) is 7. The Morgan fingerprint density at radius 1 is 0.972 bits per heavy atom. The molecule has 2 aliphatic rings. The summed E-state index contributed by atoms with van der Waals surface area (Å²) in [4.78, 5) is 48.1. The van der Waals surface area contributed by atoms with E-state index in [2.05, 4.69) is 4.98 Å². The van der Waals surface area contributed by atoms with Crippen molar-refractivity contribution in [2.75, 3.05) is 16.8 Å². The summed E-state index contributed by atoms with van der Waals surface area (Å²) in [6.07, 6.45) is -1.32. The molecule has 3 unspecified atom stereocenters. The molecule has 2 aliphatic heterocycles. The van der Waals surface area contributed by atoms with E-state index in [1.165, 1.54) is 9.80 Å². The molecule has 186 valence electrons. The number of ketones is 1. The number of nitrogens with zero attached hydrogens (tertiary/aromatic N) is 3. The lowest BCUT2D eigenvalue weighted by molar-refractivity contribution is -0.126. The van der Waals surface area contributed by atoms with Crippen LogP contribution in [0.3, 0.4) is 0 Å². The Morgan fingerprint density at radius 3 is 2.28 bits per heavy atom. The lowest BCUT2D eigenvalue weighted by Gasteiger charge is -2.36. The topological polar surface area (TPSA) is 89.0 Å². The van der Waals surface area contributed by atoms with Crippen molar-refractivity contribution in [1.82, 2.24) is 4.98 Å². The monoisotopic (exact) mass is 505 g/mol. The minimum atomic E-state index is -0.807. The summed E-state index contributed by atoms with van der Waals surface area (Å²) in [7, 11) is 1.66. The highest BCUT2D eigenvalue weighted by atomic mass is 32.1. The lowest BCUT2D eigenvalue weighted by atomic mass is 9.99. The molecule has 5 rings (SSSR count). The number of amides is 2. The molecule has 0 N–H and O–H groups in total. The second kappa shape index (κ2) is 8.74. The van der Waals surface area contributed by atoms with Gasteiger partial charge in [-0.05, 0) is 71.0 Å². The van der Waals surface area contributed by atoms with Crippen LogP contribution in [0.5, 0.6) is 11.5 Å². The molecular weight excluding hydrogens is 478 g/mol. The van der Waals surface area contributed by atoms with Crippen LogP contribution in [0.1, 0.15) is 41.0 Å². The molecule has 0 bridgehead atoms. The molecule has 0 aliphatic carbocycles. The third kappa shape index (κ3) is 3.83. The average molecular weight is 506 g/mol. The highest BCUT2D eigenvalue weighted by Crippen LogP contribution is 2.41. The first-order chi connectivity index (χ1) is 17.1. The molecule has 36 heavy (non-hydrogen) atoms. The molecule has 8 nitrogen and oxygen atoms in total. The molecule has 0 spiro atoms. The predicted octanol–water partition coefficient (Wildman–Crippen LogP) is 4.56. The first-order valence-corrected chi connectivity index (χ1v) is 12.6. The smallest absolute Gasteiger partial charge is 0.268 e. The number of thiazole rings is 1. The number of benzene rings is 2. The summed E-state index contributed by atoms with van der Waals surface area (Å²) < 4.78 is 11.5. The van der Waals surface area contributed by atoms with Crippen LogP contribution < -0.4 is 19.3 Å². The van der Waals surface area contributed by atoms with E-state index in [1.54, 1.807) is 57.4 Å². The summed E-state index contributed by atoms with van der Waals surface area (Å²) in [6, 6.07) is 9.80. The van der Waals surface area contributed by atoms with Crippen molar-refractivity contribution < 1.29 is 23.9 Å². The zero-order chi connectivity index (χ0) is 25.9. The van der Waals surface area contributed by atoms with Gasteiger partial charge in [-0.15, -0.1) is 11.3 Å². The van der Waals surface area contributed by atoms with Gasteiger partial charge in [0.25, 0.3) is 11.8 Å². The summed E-state index contributed by atoms with van der Waals surface area (Å²) in [6.45, 7) is 9.04. The van der Waals surface area contributed by atoms with Gasteiger partial charge in [-0.25, -0.2) is 4.98 Å². The quantitative estimate of drug-likeness (QED) is 0.483. The van der Waals surface area contributed by atoms with E-state index in [1.807, 2.05) is 32.0 Å². The van der Waals surface area contributed by atoms with E-state index >= 15 is 0 Å². The zero-order valence-corrected chi connectivity index (χ0v) is 21.8. The van der Waals surface area contributed by atoms with E-state index in [-0.39, 0.29) is 17.6 Å². The SMILES string of the molecule is Cc1nc(-c2ccc3c(c2)N(C(C)C(=O)c2ccc4c(c2)N(C)C(=O)C(C)O4)C(=O)C(C)O3)c(C)s1. The van der Waals surface area contributed by atoms with Crippen LogP contribution in [0.4, 0.5) is 11.4 Å². The number of hydrogen-bond donors (Lipinski definition) is 0. The summed E-state index contributed by atoms with van der Waals surface area (Å²) in [5.41, 5.74) is 3.14. The van der Waals surface area contributed by atoms with E-state index in [0.717, 1.165) is 21.1 Å². The van der Waals surface area contributed by atoms with Gasteiger partial charge in [-0.3, -0.25) is 19.3 Å². The largest absolute Gasteiger partial charge is 0.479 e. The molecule has 3 heterocycles. The second-order valence-electron chi connectivity index (χ2n) is 9.17. The third-order valence-electron chi connectivity index (χ3n) is 6.64. The van der Waals surface area contributed by atoms with Crippen molar-refractivity contribution in [3.05, 3.63) is 51.8 Å². The van der Waals surface area contributed by atoms with Crippen molar-refractivity contribution in [3.63, 3.8) is 0 Å². The van der Waals surface area contributed by atoms with E-state index in [0.29, 0.717) is 28.4 Å². The Hall–Kier alpha value is -3.72. The Kier molecular flexibility index (Phi) is 5.83. The number of fused-ring (bicyclic) bond motifs is 2. The van der Waals surface area contributed by atoms with E-state index in [9.17, 15) is 14.4 Å². The zero-order valence-electron chi connectivity index (χ0n) is 21.0. The number of likely N-dealkylation sites (N-methyl/N-ethyl adjacent to an activating group) is 1. The maximum atomic E-state index is 13.7. The van der Waals surface area contributed by atoms with Crippen LogP contribution in [0.15, 0.2) is 36.4 Å². The molecule has 2 aromatic carbocycles. The molecule has 1 aromatic heterocycles. The Bertz CT molecular complexity index is 1410. The molecule has 3 aromatic rings. The van der Waals surface area contributed by atoms with Crippen LogP contribution in [-0.2, 0) is 9.59 Å². The highest BCUT2D eigenvalue weighted by molar-refractivity contribution is 7.11. The summed E-state index contributed by atoms with van der Waals surface area (Å²) in [5, 5.41) is 0.954. The van der Waals surface area contributed by atoms with Crippen LogP contribution in [0.2, 0.25) is 0 Å². The van der Waals surface area contributed by atoms with Gasteiger partial charge in [0.2, 0.25) is 0 Å². The maximum Gasteiger partial charge on any atom is 0.268 e. The minimum absolute atomic E-state index is 0.189. The van der Waals surface area contributed by atoms with Gasteiger partial charge < -0.3 is 14.4 Å². The Morgan fingerprint density at radius 2 is 1.61 bits per heavy atom. The van der Waals surface area contributed by atoms with E-state index < -0.39 is 18.2 Å². The molecule has 0 fully saturated rings. The lowest BCUT2D eigenvalue weighted by Crippen LogP contribution is -2.51. The molecular formula is C27H27N3O5S. The van der Waals surface area contributed by atoms with Gasteiger partial charge >= 0.3 is 0 Å². The normalized spacial score (nSPS) is 19.8. The van der Waals surface area contributed by atoms with E-state index in [4.69, 9.17) is 9.47 Å². The number of ether oxygens (including phenoxy) is 2. The second-order valence-corrected chi connectivity index (χ2v) is 10.6. The first-order valence-electron chi connectivity index (χ1n) is 11.8. The number of aromatic nitrogens is 1. The molecule has 2 amide bonds. The number of carbonyl (C=O) groups is 3. The number of anilines is 2. The predicted molar refractivity (Wildman–Crippen MR) is 138 cm³/mol. The standard InChI is InChI=1S/C27H27N3O5S/c1-13(25(31)19-8-10-22-20(12-19)29(6)26(32)14(2)34-22)30-21-11-18(24-16(4)36-17(5)28-24)7-9-23(21)35-15(3)27(30)33/h7-15H,1-6H3. The van der Waals surface area contributed by atoms with Crippen LogP contribution in [0, 0.1) is 13.8 Å². The van der Waals surface area contributed by atoms with Crippen LogP contribution in [-0.4, -0.2) is 47.9 Å². The summed E-state index contributed by atoms with van der Waals surface area (Å²) in [5.74, 6) is 0.333. The van der Waals surface area contributed by atoms with Crippen molar-refractivity contribution in [2.24, 2.45) is 0 Å². The fourth-order valence-electron chi connectivity index (χ4n) is 4.73. The number of rotatable bonds is 4. The van der Waals surface area contributed by atoms with Crippen molar-refractivity contribution in [2.45, 2.75) is 52.9 Å². The molecule has 9 heteroatoms. The fourth-order valence-corrected chi connectivity index (χ4v) is 5.57. The van der Waals surface area contributed by atoms with Gasteiger partial charge in [-0.1, -0.05) is 0 Å². The number of Topliss-reactive ketones (excluding diaryl/α,β-unsaturated/α-hetero) is 1. The van der Waals surface area contributed by atoms with Crippen molar-refractivity contribution in [1.29, 1.82) is 0 Å². The minimum Gasteiger partial charge on any atom is -0.479 e.